The van der Waals surface area contributed by atoms with E-state index in [1.807, 2.05) is 80.6 Å². The first-order valence-corrected chi connectivity index (χ1v) is 18.1. The van der Waals surface area contributed by atoms with Crippen LogP contribution in [-0.2, 0) is 33.4 Å². The number of nitrogens with one attached hydrogen (secondary N) is 1. The first-order chi connectivity index (χ1) is 25.7. The second-order valence-corrected chi connectivity index (χ2v) is 14.2. The van der Waals surface area contributed by atoms with Crippen LogP contribution in [0, 0.1) is 25.7 Å². The number of cyclic esters (lactones) is 1. The van der Waals surface area contributed by atoms with Crippen molar-refractivity contribution in [2.75, 3.05) is 31.8 Å². The standard InChI is InChI=1S/C42H45N3O8/c1-26-18-19-27(2)31(23-26)44-22-12-6-11-17-34(47)43-30(25-51-3)37(29-15-9-5-10-16-29)52-41(50)35-33-20-21-42(53-33)36(35)39(48)45(38(42)40(44)49)32(24-46)28-13-7-4-8-14-28/h4-10,12-16,18-21,23,30,32-33,35-38,46H,11,17,22,24-25H2,1-3H3,(H,43,47)/b12-6-/t30-,32-,33+,35-,36-,37-,38+,42-/m1/s1. The van der Waals surface area contributed by atoms with Gasteiger partial charge in [0.15, 0.2) is 0 Å². The van der Waals surface area contributed by atoms with Crippen LogP contribution in [0.3, 0.4) is 0 Å². The normalized spacial score (nSPS) is 29.9. The fourth-order valence-electron chi connectivity index (χ4n) is 8.39. The number of anilines is 1. The molecule has 8 atom stereocenters. The van der Waals surface area contributed by atoms with E-state index < -0.39 is 72.2 Å². The number of hydrogen-bond acceptors (Lipinski definition) is 8. The maximum absolute atomic E-state index is 15.4. The first-order valence-electron chi connectivity index (χ1n) is 18.1. The summed E-state index contributed by atoms with van der Waals surface area (Å²) in [5.74, 6) is -4.11. The summed E-state index contributed by atoms with van der Waals surface area (Å²) in [6, 6.07) is 21.1. The molecule has 0 aromatic heterocycles. The van der Waals surface area contributed by atoms with Crippen LogP contribution in [0.2, 0.25) is 0 Å². The minimum atomic E-state index is -1.53. The Labute approximate surface area is 309 Å². The minimum absolute atomic E-state index is 0.0512. The van der Waals surface area contributed by atoms with Crippen molar-refractivity contribution in [2.45, 2.75) is 62.6 Å². The predicted molar refractivity (Wildman–Crippen MR) is 196 cm³/mol. The number of hydrogen-bond donors (Lipinski definition) is 2. The van der Waals surface area contributed by atoms with E-state index in [9.17, 15) is 14.7 Å². The molecule has 11 nitrogen and oxygen atoms in total. The topological polar surface area (TPSA) is 135 Å². The second-order valence-electron chi connectivity index (χ2n) is 14.2. The molecule has 3 aromatic carbocycles. The lowest BCUT2D eigenvalue weighted by atomic mass is 9.74. The summed E-state index contributed by atoms with van der Waals surface area (Å²) in [6.07, 6.45) is 5.91. The molecule has 3 aromatic rings. The molecule has 53 heavy (non-hydrogen) atoms. The number of carbonyl (C=O) groups excluding carboxylic acids is 4. The number of aryl methyl sites for hydroxylation is 2. The molecule has 2 saturated heterocycles. The molecule has 1 spiro atoms. The maximum Gasteiger partial charge on any atom is 0.313 e. The maximum atomic E-state index is 15.4. The number of rotatable bonds is 7. The number of methoxy groups -OCH3 is 1. The highest BCUT2D eigenvalue weighted by atomic mass is 16.6. The number of nitrogens with zero attached hydrogens (tertiary/aromatic N) is 2. The summed E-state index contributed by atoms with van der Waals surface area (Å²) in [5, 5.41) is 14.0. The molecule has 3 amide bonds. The molecule has 4 heterocycles. The van der Waals surface area contributed by atoms with Crippen molar-refractivity contribution in [3.8, 4) is 0 Å². The molecule has 2 N–H and O–H groups in total. The van der Waals surface area contributed by atoms with Gasteiger partial charge >= 0.3 is 5.97 Å². The Bertz CT molecular complexity index is 1920. The van der Waals surface area contributed by atoms with Crippen LogP contribution in [0.1, 0.15) is 47.2 Å². The number of ether oxygens (including phenoxy) is 3. The number of likely N-dealkylation sites (tertiary alicyclic amines) is 1. The molecule has 11 heteroatoms. The van der Waals surface area contributed by atoms with E-state index in [4.69, 9.17) is 14.2 Å². The zero-order valence-electron chi connectivity index (χ0n) is 30.1. The molecule has 0 aliphatic carbocycles. The van der Waals surface area contributed by atoms with Gasteiger partial charge in [0, 0.05) is 25.8 Å². The van der Waals surface area contributed by atoms with Gasteiger partial charge in [-0.05, 0) is 48.6 Å². The SMILES string of the molecule is COC[C@H]1NC(=O)CC/C=C\CN(c2cc(C)ccc2C)C(=O)[C@@H]2N([C@H](CO)c3ccccc3)C(=O)[C@H]3[C@H](C(=O)O[C@@H]1c1ccccc1)[C@@H]1C=C[C@]23O1. The third-order valence-electron chi connectivity index (χ3n) is 10.9. The van der Waals surface area contributed by atoms with Crippen molar-refractivity contribution in [3.05, 3.63) is 125 Å². The molecule has 0 unspecified atom stereocenters. The summed E-state index contributed by atoms with van der Waals surface area (Å²) >= 11 is 0. The van der Waals surface area contributed by atoms with E-state index in [-0.39, 0.29) is 25.5 Å². The molecule has 4 aliphatic rings. The van der Waals surface area contributed by atoms with Crippen LogP contribution in [0.5, 0.6) is 0 Å². The summed E-state index contributed by atoms with van der Waals surface area (Å²) in [4.78, 5) is 61.4. The van der Waals surface area contributed by atoms with Gasteiger partial charge in [-0.1, -0.05) is 97.1 Å². The molecular formula is C42H45N3O8. The second kappa shape index (κ2) is 15.1. The number of allylic oxidation sites excluding steroid dienone is 1. The Kier molecular flexibility index (Phi) is 10.3. The fourth-order valence-corrected chi connectivity index (χ4v) is 8.39. The van der Waals surface area contributed by atoms with E-state index in [0.29, 0.717) is 23.2 Å². The van der Waals surface area contributed by atoms with E-state index >= 15 is 9.59 Å². The highest BCUT2D eigenvalue weighted by molar-refractivity contribution is 6.06. The van der Waals surface area contributed by atoms with E-state index in [2.05, 4.69) is 5.32 Å². The van der Waals surface area contributed by atoms with Gasteiger partial charge in [-0.2, -0.15) is 0 Å². The fraction of sp³-hybridized carbons (Fsp3) is 0.381. The number of carbonyl (C=O) groups is 4. The van der Waals surface area contributed by atoms with Crippen molar-refractivity contribution >= 4 is 29.4 Å². The van der Waals surface area contributed by atoms with Gasteiger partial charge in [-0.25, -0.2) is 0 Å². The van der Waals surface area contributed by atoms with Crippen LogP contribution < -0.4 is 10.2 Å². The lowest BCUT2D eigenvalue weighted by Crippen LogP contribution is -2.57. The Morgan fingerprint density at radius 2 is 1.70 bits per heavy atom. The van der Waals surface area contributed by atoms with Gasteiger partial charge in [0.25, 0.3) is 5.91 Å². The lowest BCUT2D eigenvalue weighted by Gasteiger charge is -2.39. The number of fused-ring (bicyclic) bond motifs is 2. The van der Waals surface area contributed by atoms with E-state index in [1.54, 1.807) is 41.3 Å². The van der Waals surface area contributed by atoms with Gasteiger partial charge in [-0.15, -0.1) is 0 Å². The van der Waals surface area contributed by atoms with Crippen LogP contribution in [0.4, 0.5) is 5.69 Å². The number of esters is 1. The average Bonchev–Trinajstić information content (AvgIpc) is 3.81. The van der Waals surface area contributed by atoms with Crippen LogP contribution >= 0.6 is 0 Å². The largest absolute Gasteiger partial charge is 0.455 e. The molecule has 2 fully saturated rings. The van der Waals surface area contributed by atoms with Gasteiger partial charge < -0.3 is 34.4 Å². The third kappa shape index (κ3) is 6.58. The van der Waals surface area contributed by atoms with Gasteiger partial charge in [0.2, 0.25) is 11.8 Å². The van der Waals surface area contributed by atoms with Crippen molar-refractivity contribution in [1.29, 1.82) is 0 Å². The third-order valence-corrected chi connectivity index (χ3v) is 10.9. The molecule has 5 bridgehead atoms. The van der Waals surface area contributed by atoms with Crippen LogP contribution in [0.15, 0.2) is 103 Å². The number of amides is 3. The van der Waals surface area contributed by atoms with Crippen LogP contribution in [0.25, 0.3) is 0 Å². The Hall–Kier alpha value is -5.10. The summed E-state index contributed by atoms with van der Waals surface area (Å²) < 4.78 is 18.5. The predicted octanol–water partition coefficient (Wildman–Crippen LogP) is 4.29. The van der Waals surface area contributed by atoms with Gasteiger partial charge in [0.1, 0.15) is 23.7 Å². The Morgan fingerprint density at radius 1 is 0.962 bits per heavy atom. The molecular weight excluding hydrogens is 674 g/mol. The minimum Gasteiger partial charge on any atom is -0.455 e. The summed E-state index contributed by atoms with van der Waals surface area (Å²) in [7, 11) is 1.51. The summed E-state index contributed by atoms with van der Waals surface area (Å²) in [6.45, 7) is 3.58. The molecule has 4 aliphatic heterocycles. The van der Waals surface area contributed by atoms with Gasteiger partial charge in [-0.3, -0.25) is 19.2 Å². The van der Waals surface area contributed by atoms with Crippen molar-refractivity contribution in [2.24, 2.45) is 11.8 Å². The zero-order chi connectivity index (χ0) is 37.3. The highest BCUT2D eigenvalue weighted by Gasteiger charge is 2.74. The van der Waals surface area contributed by atoms with Gasteiger partial charge in [0.05, 0.1) is 37.3 Å². The molecule has 0 radical (unpaired) electrons. The lowest BCUT2D eigenvalue weighted by molar-refractivity contribution is -0.162. The van der Waals surface area contributed by atoms with Crippen molar-refractivity contribution < 1.29 is 38.5 Å². The highest BCUT2D eigenvalue weighted by Crippen LogP contribution is 2.57. The molecule has 0 saturated carbocycles. The van der Waals surface area contributed by atoms with E-state index in [0.717, 1.165) is 11.1 Å². The molecule has 276 valence electrons. The number of aliphatic hydroxyl groups excluding tert-OH is 1. The Morgan fingerprint density at radius 3 is 2.42 bits per heavy atom. The first kappa shape index (κ1) is 36.3. The van der Waals surface area contributed by atoms with Crippen molar-refractivity contribution in [3.63, 3.8) is 0 Å². The average molecular weight is 720 g/mol. The smallest absolute Gasteiger partial charge is 0.313 e. The summed E-state index contributed by atoms with van der Waals surface area (Å²) in [5.41, 5.74) is 2.19. The quantitative estimate of drug-likeness (QED) is 0.273. The zero-order valence-corrected chi connectivity index (χ0v) is 30.1. The number of aliphatic hydroxyl groups is 1. The van der Waals surface area contributed by atoms with Crippen molar-refractivity contribution in [1.82, 2.24) is 10.2 Å². The van der Waals surface area contributed by atoms with Crippen LogP contribution in [-0.4, -0.2) is 84.4 Å². The number of benzene rings is 3. The Balaban J connectivity index is 1.39. The molecule has 7 rings (SSSR count). The van der Waals surface area contributed by atoms with E-state index in [1.165, 1.54) is 12.0 Å². The monoisotopic (exact) mass is 719 g/mol.